The van der Waals surface area contributed by atoms with Gasteiger partial charge in [0.1, 0.15) is 11.6 Å². The average Bonchev–Trinajstić information content (AvgIpc) is 3.28. The lowest BCUT2D eigenvalue weighted by atomic mass is 9.87. The molecular formula is C22H29N5O2. The fourth-order valence-corrected chi connectivity index (χ4v) is 4.65. The molecule has 0 bridgehead atoms. The van der Waals surface area contributed by atoms with E-state index in [0.717, 1.165) is 41.9 Å². The number of aryl methyl sites for hydroxylation is 3. The Hall–Kier alpha value is -2.67. The predicted octanol–water partition coefficient (Wildman–Crippen LogP) is 2.85. The highest BCUT2D eigenvalue weighted by Crippen LogP contribution is 2.32. The molecule has 2 aromatic heterocycles. The third kappa shape index (κ3) is 3.67. The van der Waals surface area contributed by atoms with E-state index in [4.69, 9.17) is 0 Å². The zero-order valence-corrected chi connectivity index (χ0v) is 17.3. The molecular weight excluding hydrogens is 366 g/mol. The summed E-state index contributed by atoms with van der Waals surface area (Å²) in [7, 11) is 1.82. The number of carbonyl (C=O) groups is 1. The lowest BCUT2D eigenvalue weighted by Crippen LogP contribution is -2.50. The van der Waals surface area contributed by atoms with Gasteiger partial charge in [0.05, 0.1) is 29.2 Å². The Balaban J connectivity index is 1.44. The molecule has 0 aliphatic heterocycles. The second-order valence-corrected chi connectivity index (χ2v) is 7.99. The van der Waals surface area contributed by atoms with Crippen LogP contribution in [0.25, 0.3) is 11.0 Å². The number of fused-ring (bicyclic) bond motifs is 1. The number of hydrogen-bond acceptors (Lipinski definition) is 4. The molecule has 1 amide bonds. The van der Waals surface area contributed by atoms with Crippen molar-refractivity contribution in [3.8, 4) is 0 Å². The summed E-state index contributed by atoms with van der Waals surface area (Å²) in [4.78, 5) is 23.6. The van der Waals surface area contributed by atoms with Crippen molar-refractivity contribution in [3.05, 3.63) is 48.3 Å². The van der Waals surface area contributed by atoms with Gasteiger partial charge in [-0.3, -0.25) is 4.79 Å². The standard InChI is InChI=1S/C22H29N5O2/c1-15-23-12-14-27(15)20-10-6-9-19(22(20)29)25(3)21(28)11-13-26-16(2)24-17-7-4-5-8-18(17)26/h4-5,7-8,12,14,19-20,22,29H,6,9-11,13H2,1-3H3/t19-,20-,22-/m1/s1. The molecule has 3 aromatic rings. The minimum atomic E-state index is -0.596. The molecule has 3 atom stereocenters. The van der Waals surface area contributed by atoms with Crippen molar-refractivity contribution in [1.29, 1.82) is 0 Å². The number of likely N-dealkylation sites (N-methyl/N-ethyl adjacent to an activating group) is 1. The van der Waals surface area contributed by atoms with E-state index in [0.29, 0.717) is 13.0 Å². The van der Waals surface area contributed by atoms with E-state index in [2.05, 4.69) is 14.5 Å². The lowest BCUT2D eigenvalue weighted by Gasteiger charge is -2.40. The number of aliphatic hydroxyl groups is 1. The van der Waals surface area contributed by atoms with Gasteiger partial charge in [0, 0.05) is 32.4 Å². The average molecular weight is 396 g/mol. The number of nitrogens with zero attached hydrogens (tertiary/aromatic N) is 5. The quantitative estimate of drug-likeness (QED) is 0.721. The van der Waals surface area contributed by atoms with E-state index in [1.54, 1.807) is 11.1 Å². The number of para-hydroxylation sites is 2. The Morgan fingerprint density at radius 1 is 1.24 bits per heavy atom. The van der Waals surface area contributed by atoms with Crippen molar-refractivity contribution in [1.82, 2.24) is 24.0 Å². The van der Waals surface area contributed by atoms with Gasteiger partial charge in [0.25, 0.3) is 0 Å². The summed E-state index contributed by atoms with van der Waals surface area (Å²) >= 11 is 0. The van der Waals surface area contributed by atoms with Gasteiger partial charge in [0.15, 0.2) is 0 Å². The number of aliphatic hydroxyl groups excluding tert-OH is 1. The number of imidazole rings is 2. The third-order valence-corrected chi connectivity index (χ3v) is 6.29. The largest absolute Gasteiger partial charge is 0.389 e. The molecule has 7 heteroatoms. The molecule has 0 saturated heterocycles. The van der Waals surface area contributed by atoms with Crippen LogP contribution in [-0.2, 0) is 11.3 Å². The summed E-state index contributed by atoms with van der Waals surface area (Å²) in [5, 5.41) is 11.0. The van der Waals surface area contributed by atoms with Gasteiger partial charge in [-0.1, -0.05) is 12.1 Å². The summed E-state index contributed by atoms with van der Waals surface area (Å²) in [6, 6.07) is 7.77. The van der Waals surface area contributed by atoms with Gasteiger partial charge in [-0.15, -0.1) is 0 Å². The summed E-state index contributed by atoms with van der Waals surface area (Å²) in [6.45, 7) is 4.50. The van der Waals surface area contributed by atoms with E-state index in [9.17, 15) is 9.90 Å². The van der Waals surface area contributed by atoms with Gasteiger partial charge >= 0.3 is 0 Å². The molecule has 4 rings (SSSR count). The molecule has 1 aliphatic rings. The Kier molecular flexibility index (Phi) is 5.41. The summed E-state index contributed by atoms with van der Waals surface area (Å²) in [5.74, 6) is 1.86. The van der Waals surface area contributed by atoms with Crippen LogP contribution in [0.4, 0.5) is 0 Å². The van der Waals surface area contributed by atoms with Crippen LogP contribution >= 0.6 is 0 Å². The first-order valence-corrected chi connectivity index (χ1v) is 10.3. The van der Waals surface area contributed by atoms with Crippen LogP contribution in [0.5, 0.6) is 0 Å². The molecule has 1 aliphatic carbocycles. The first-order valence-electron chi connectivity index (χ1n) is 10.3. The topological polar surface area (TPSA) is 76.2 Å². The molecule has 0 unspecified atom stereocenters. The minimum Gasteiger partial charge on any atom is -0.389 e. The molecule has 0 spiro atoms. The van der Waals surface area contributed by atoms with Crippen molar-refractivity contribution in [2.45, 2.75) is 64.3 Å². The van der Waals surface area contributed by atoms with Crippen LogP contribution in [0.2, 0.25) is 0 Å². The van der Waals surface area contributed by atoms with Gasteiger partial charge in [0.2, 0.25) is 5.91 Å². The van der Waals surface area contributed by atoms with Gasteiger partial charge in [-0.2, -0.15) is 0 Å². The van der Waals surface area contributed by atoms with Crippen molar-refractivity contribution in [2.24, 2.45) is 0 Å². The number of amides is 1. The maximum absolute atomic E-state index is 13.0. The van der Waals surface area contributed by atoms with Gasteiger partial charge < -0.3 is 19.1 Å². The highest BCUT2D eigenvalue weighted by molar-refractivity contribution is 5.78. The molecule has 1 aromatic carbocycles. The zero-order chi connectivity index (χ0) is 20.5. The molecule has 1 saturated carbocycles. The molecule has 0 radical (unpaired) electrons. The smallest absolute Gasteiger partial charge is 0.224 e. The van der Waals surface area contributed by atoms with Crippen LogP contribution < -0.4 is 0 Å². The molecule has 2 heterocycles. The number of benzene rings is 1. The zero-order valence-electron chi connectivity index (χ0n) is 17.3. The molecule has 1 fully saturated rings. The highest BCUT2D eigenvalue weighted by Gasteiger charge is 2.37. The summed E-state index contributed by atoms with van der Waals surface area (Å²) in [5.41, 5.74) is 2.00. The van der Waals surface area contributed by atoms with Crippen molar-refractivity contribution in [2.75, 3.05) is 7.05 Å². The number of hydrogen-bond donors (Lipinski definition) is 1. The number of aromatic nitrogens is 4. The van der Waals surface area contributed by atoms with E-state index in [1.807, 2.05) is 55.9 Å². The second kappa shape index (κ2) is 7.99. The second-order valence-electron chi connectivity index (χ2n) is 7.99. The van der Waals surface area contributed by atoms with E-state index < -0.39 is 6.10 Å². The molecule has 29 heavy (non-hydrogen) atoms. The highest BCUT2D eigenvalue weighted by atomic mass is 16.3. The first-order chi connectivity index (χ1) is 14.0. The third-order valence-electron chi connectivity index (χ3n) is 6.29. The summed E-state index contributed by atoms with van der Waals surface area (Å²) in [6.07, 6.45) is 6.17. The van der Waals surface area contributed by atoms with Crippen LogP contribution in [0.15, 0.2) is 36.7 Å². The fourth-order valence-electron chi connectivity index (χ4n) is 4.65. The number of carbonyl (C=O) groups excluding carboxylic acids is 1. The Morgan fingerprint density at radius 3 is 2.79 bits per heavy atom. The van der Waals surface area contributed by atoms with Crippen LogP contribution in [0, 0.1) is 13.8 Å². The maximum Gasteiger partial charge on any atom is 0.224 e. The Bertz CT molecular complexity index is 1010. The van der Waals surface area contributed by atoms with Crippen LogP contribution in [0.1, 0.15) is 43.4 Å². The molecule has 7 nitrogen and oxygen atoms in total. The van der Waals surface area contributed by atoms with Gasteiger partial charge in [-0.05, 0) is 45.2 Å². The van der Waals surface area contributed by atoms with E-state index >= 15 is 0 Å². The van der Waals surface area contributed by atoms with E-state index in [1.165, 1.54) is 0 Å². The SMILES string of the molecule is Cc1nccn1[C@@H]1CCC[C@@H](N(C)C(=O)CCn2c(C)nc3ccccc32)[C@H]1O. The number of rotatable bonds is 5. The maximum atomic E-state index is 13.0. The fraction of sp³-hybridized carbons (Fsp3) is 0.500. The minimum absolute atomic E-state index is 0.0358. The van der Waals surface area contributed by atoms with Crippen molar-refractivity contribution >= 4 is 16.9 Å². The van der Waals surface area contributed by atoms with Gasteiger partial charge in [-0.25, -0.2) is 9.97 Å². The molecule has 1 N–H and O–H groups in total. The lowest BCUT2D eigenvalue weighted by molar-refractivity contribution is -0.136. The Morgan fingerprint density at radius 2 is 2.03 bits per heavy atom. The van der Waals surface area contributed by atoms with Crippen molar-refractivity contribution < 1.29 is 9.90 Å². The first kappa shape index (κ1) is 19.6. The van der Waals surface area contributed by atoms with E-state index in [-0.39, 0.29) is 18.0 Å². The van der Waals surface area contributed by atoms with Crippen molar-refractivity contribution in [3.63, 3.8) is 0 Å². The monoisotopic (exact) mass is 395 g/mol. The van der Waals surface area contributed by atoms with Crippen LogP contribution in [-0.4, -0.2) is 54.2 Å². The summed E-state index contributed by atoms with van der Waals surface area (Å²) < 4.78 is 4.13. The molecule has 154 valence electrons. The normalized spacial score (nSPS) is 22.1. The predicted molar refractivity (Wildman–Crippen MR) is 112 cm³/mol. The van der Waals surface area contributed by atoms with Crippen LogP contribution in [0.3, 0.4) is 0 Å². The Labute approximate surface area is 171 Å².